The Balaban J connectivity index is 1.78. The average molecular weight is 469 g/mol. The third-order valence-corrected chi connectivity index (χ3v) is 5.44. The standard InChI is InChI=1S/C25H18Cl2O5/c1-14-3-5-16(6-4-14)23-25(22(29)19-11-17(26)12-20(27)24(19)32-23)31-13-21(28)15-7-9-18(30-2)10-8-15/h3-12H,13H2,1-2H3. The topological polar surface area (TPSA) is 65.7 Å². The van der Waals surface area contributed by atoms with Crippen molar-refractivity contribution in [3.63, 3.8) is 0 Å². The Hall–Kier alpha value is -3.28. The lowest BCUT2D eigenvalue weighted by Crippen LogP contribution is -2.17. The van der Waals surface area contributed by atoms with Gasteiger partial charge in [0.2, 0.25) is 11.2 Å². The minimum Gasteiger partial charge on any atom is -0.497 e. The lowest BCUT2D eigenvalue weighted by molar-refractivity contribution is 0.0920. The predicted octanol–water partition coefficient (Wildman–Crippen LogP) is 6.35. The van der Waals surface area contributed by atoms with Crippen LogP contribution in [0.15, 0.2) is 69.9 Å². The van der Waals surface area contributed by atoms with Gasteiger partial charge in [0.05, 0.1) is 17.5 Å². The van der Waals surface area contributed by atoms with Gasteiger partial charge in [0.25, 0.3) is 0 Å². The molecule has 0 saturated heterocycles. The lowest BCUT2D eigenvalue weighted by Gasteiger charge is -2.12. The average Bonchev–Trinajstić information content (AvgIpc) is 2.79. The minimum absolute atomic E-state index is 0.0819. The Bertz CT molecular complexity index is 1360. The van der Waals surface area contributed by atoms with Gasteiger partial charge in [-0.05, 0) is 43.3 Å². The maximum absolute atomic E-state index is 13.3. The molecule has 4 aromatic rings. The van der Waals surface area contributed by atoms with E-state index in [1.54, 1.807) is 43.5 Å². The van der Waals surface area contributed by atoms with E-state index in [9.17, 15) is 9.59 Å². The summed E-state index contributed by atoms with van der Waals surface area (Å²) in [5.74, 6) is 0.440. The van der Waals surface area contributed by atoms with E-state index >= 15 is 0 Å². The SMILES string of the molecule is COc1ccc(C(=O)COc2c(-c3ccc(C)cc3)oc3c(Cl)cc(Cl)cc3c2=O)cc1. The van der Waals surface area contributed by atoms with Gasteiger partial charge < -0.3 is 13.9 Å². The summed E-state index contributed by atoms with van der Waals surface area (Å²) in [6, 6.07) is 17.0. The number of carbonyl (C=O) groups excluding carboxylic acids is 1. The number of carbonyl (C=O) groups is 1. The molecule has 1 aromatic heterocycles. The first-order chi connectivity index (χ1) is 15.4. The molecule has 0 saturated carbocycles. The monoisotopic (exact) mass is 468 g/mol. The van der Waals surface area contributed by atoms with Crippen LogP contribution in [-0.4, -0.2) is 19.5 Å². The molecule has 32 heavy (non-hydrogen) atoms. The molecular weight excluding hydrogens is 451 g/mol. The predicted molar refractivity (Wildman–Crippen MR) is 125 cm³/mol. The number of aryl methyl sites for hydroxylation is 1. The number of halogens is 2. The molecule has 0 fully saturated rings. The van der Waals surface area contributed by atoms with Crippen molar-refractivity contribution in [1.29, 1.82) is 0 Å². The smallest absolute Gasteiger partial charge is 0.235 e. The van der Waals surface area contributed by atoms with Crippen LogP contribution in [0.1, 0.15) is 15.9 Å². The van der Waals surface area contributed by atoms with Crippen molar-refractivity contribution in [2.24, 2.45) is 0 Å². The van der Waals surface area contributed by atoms with Gasteiger partial charge in [0.1, 0.15) is 5.75 Å². The van der Waals surface area contributed by atoms with Crippen molar-refractivity contribution in [1.82, 2.24) is 0 Å². The van der Waals surface area contributed by atoms with Crippen molar-refractivity contribution in [2.75, 3.05) is 13.7 Å². The molecule has 0 bridgehead atoms. The van der Waals surface area contributed by atoms with E-state index in [1.165, 1.54) is 12.1 Å². The third kappa shape index (κ3) is 4.35. The van der Waals surface area contributed by atoms with Crippen LogP contribution in [0.4, 0.5) is 0 Å². The molecule has 162 valence electrons. The molecule has 0 atom stereocenters. The zero-order valence-electron chi connectivity index (χ0n) is 17.3. The molecule has 0 amide bonds. The highest BCUT2D eigenvalue weighted by Crippen LogP contribution is 2.35. The second kappa shape index (κ2) is 9.07. The summed E-state index contributed by atoms with van der Waals surface area (Å²) in [6.45, 7) is 1.60. The number of Topliss-reactive ketones (excluding diaryl/α,β-unsaturated/α-hetero) is 1. The number of rotatable bonds is 6. The molecule has 4 rings (SSSR count). The van der Waals surface area contributed by atoms with Gasteiger partial charge in [-0.1, -0.05) is 53.0 Å². The molecule has 0 aliphatic heterocycles. The van der Waals surface area contributed by atoms with Gasteiger partial charge in [0, 0.05) is 16.1 Å². The normalized spacial score (nSPS) is 10.9. The summed E-state index contributed by atoms with van der Waals surface area (Å²) >= 11 is 12.4. The summed E-state index contributed by atoms with van der Waals surface area (Å²) in [5.41, 5.74) is 1.82. The molecule has 0 aliphatic carbocycles. The maximum Gasteiger partial charge on any atom is 0.235 e. The summed E-state index contributed by atoms with van der Waals surface area (Å²) < 4.78 is 16.9. The van der Waals surface area contributed by atoms with Crippen molar-refractivity contribution >= 4 is 40.0 Å². The van der Waals surface area contributed by atoms with Crippen molar-refractivity contribution < 1.29 is 18.7 Å². The fourth-order valence-corrected chi connectivity index (χ4v) is 3.76. The summed E-state index contributed by atoms with van der Waals surface area (Å²) in [4.78, 5) is 25.9. The molecule has 0 aliphatic rings. The molecule has 0 unspecified atom stereocenters. The van der Waals surface area contributed by atoms with E-state index < -0.39 is 5.43 Å². The van der Waals surface area contributed by atoms with Crippen molar-refractivity contribution in [2.45, 2.75) is 6.92 Å². The first-order valence-electron chi connectivity index (χ1n) is 9.70. The van der Waals surface area contributed by atoms with Crippen LogP contribution in [0.25, 0.3) is 22.3 Å². The molecule has 0 spiro atoms. The van der Waals surface area contributed by atoms with Crippen LogP contribution in [-0.2, 0) is 0 Å². The Morgan fingerprint density at radius 1 is 1.00 bits per heavy atom. The zero-order valence-corrected chi connectivity index (χ0v) is 18.8. The number of ether oxygens (including phenoxy) is 2. The first kappa shape index (κ1) is 21.9. The molecule has 0 radical (unpaired) electrons. The molecular formula is C25H18Cl2O5. The molecule has 5 nitrogen and oxygen atoms in total. The number of ketones is 1. The minimum atomic E-state index is -0.464. The van der Waals surface area contributed by atoms with Gasteiger partial charge in [-0.3, -0.25) is 9.59 Å². The largest absolute Gasteiger partial charge is 0.497 e. The Kier molecular flexibility index (Phi) is 6.21. The Labute approximate surface area is 194 Å². The van der Waals surface area contributed by atoms with Crippen molar-refractivity contribution in [3.8, 4) is 22.8 Å². The van der Waals surface area contributed by atoms with Crippen LogP contribution < -0.4 is 14.9 Å². The van der Waals surface area contributed by atoms with Crippen LogP contribution in [0.5, 0.6) is 11.5 Å². The molecule has 3 aromatic carbocycles. The highest BCUT2D eigenvalue weighted by molar-refractivity contribution is 6.38. The van der Waals surface area contributed by atoms with Gasteiger partial charge in [-0.25, -0.2) is 0 Å². The van der Waals surface area contributed by atoms with E-state index in [-0.39, 0.29) is 44.9 Å². The highest BCUT2D eigenvalue weighted by Gasteiger charge is 2.21. The van der Waals surface area contributed by atoms with Crippen LogP contribution in [0.2, 0.25) is 10.0 Å². The van der Waals surface area contributed by atoms with Gasteiger partial charge in [-0.2, -0.15) is 0 Å². The van der Waals surface area contributed by atoms with Gasteiger partial charge in [0.15, 0.2) is 23.7 Å². The van der Waals surface area contributed by atoms with Crippen LogP contribution in [0.3, 0.4) is 0 Å². The van der Waals surface area contributed by atoms with E-state index in [1.807, 2.05) is 19.1 Å². The van der Waals surface area contributed by atoms with Crippen LogP contribution in [0, 0.1) is 6.92 Å². The van der Waals surface area contributed by atoms with E-state index in [0.717, 1.165) is 5.56 Å². The number of hydrogen-bond acceptors (Lipinski definition) is 5. The number of fused-ring (bicyclic) bond motifs is 1. The van der Waals surface area contributed by atoms with E-state index in [0.29, 0.717) is 16.9 Å². The lowest BCUT2D eigenvalue weighted by atomic mass is 10.1. The molecule has 1 heterocycles. The van der Waals surface area contributed by atoms with E-state index in [2.05, 4.69) is 0 Å². The van der Waals surface area contributed by atoms with E-state index in [4.69, 9.17) is 37.1 Å². The third-order valence-electron chi connectivity index (χ3n) is 4.94. The second-order valence-corrected chi connectivity index (χ2v) is 8.00. The van der Waals surface area contributed by atoms with Gasteiger partial charge >= 0.3 is 0 Å². The first-order valence-corrected chi connectivity index (χ1v) is 10.5. The Morgan fingerprint density at radius 2 is 1.69 bits per heavy atom. The number of benzene rings is 3. The fraction of sp³-hybridized carbons (Fsp3) is 0.120. The summed E-state index contributed by atoms with van der Waals surface area (Å²) in [5, 5.41) is 0.669. The number of hydrogen-bond donors (Lipinski definition) is 0. The fourth-order valence-electron chi connectivity index (χ4n) is 3.23. The molecule has 7 heteroatoms. The molecule has 0 N–H and O–H groups in total. The second-order valence-electron chi connectivity index (χ2n) is 7.16. The van der Waals surface area contributed by atoms with Crippen LogP contribution >= 0.6 is 23.2 Å². The maximum atomic E-state index is 13.3. The summed E-state index contributed by atoms with van der Waals surface area (Å²) in [6.07, 6.45) is 0. The number of methoxy groups -OCH3 is 1. The summed E-state index contributed by atoms with van der Waals surface area (Å²) in [7, 11) is 1.55. The quantitative estimate of drug-likeness (QED) is 0.308. The zero-order chi connectivity index (χ0) is 22.8. The Morgan fingerprint density at radius 3 is 2.34 bits per heavy atom. The van der Waals surface area contributed by atoms with Crippen molar-refractivity contribution in [3.05, 3.63) is 92.1 Å². The van der Waals surface area contributed by atoms with Gasteiger partial charge in [-0.15, -0.1) is 0 Å². The highest BCUT2D eigenvalue weighted by atomic mass is 35.5.